The van der Waals surface area contributed by atoms with Crippen LogP contribution >= 0.6 is 0 Å². The first kappa shape index (κ1) is 20.8. The molecule has 4 rings (SSSR count). The lowest BCUT2D eigenvalue weighted by molar-refractivity contribution is -0.384. The lowest BCUT2D eigenvalue weighted by atomic mass is 9.92. The second-order valence-electron chi connectivity index (χ2n) is 7.32. The van der Waals surface area contributed by atoms with Crippen molar-refractivity contribution < 1.29 is 24.7 Å². The van der Waals surface area contributed by atoms with E-state index in [4.69, 9.17) is 0 Å². The van der Waals surface area contributed by atoms with Crippen molar-refractivity contribution in [2.45, 2.75) is 13.0 Å². The van der Waals surface area contributed by atoms with Gasteiger partial charge in [-0.05, 0) is 42.3 Å². The Morgan fingerprint density at radius 2 is 1.59 bits per heavy atom. The average Bonchev–Trinajstić information content (AvgIpc) is 3.04. The Labute approximate surface area is 182 Å². The molecule has 1 heterocycles. The Balaban J connectivity index is 1.96. The van der Waals surface area contributed by atoms with Gasteiger partial charge in [0.1, 0.15) is 11.5 Å². The fourth-order valence-electron chi connectivity index (χ4n) is 3.83. The number of hydrogen-bond acceptors (Lipinski definition) is 6. The number of aliphatic hydroxyl groups is 1. The first-order chi connectivity index (χ1) is 15.3. The van der Waals surface area contributed by atoms with Crippen LogP contribution in [0.1, 0.15) is 22.7 Å². The van der Waals surface area contributed by atoms with Crippen molar-refractivity contribution in [1.29, 1.82) is 0 Å². The smallest absolute Gasteiger partial charge is 0.300 e. The summed E-state index contributed by atoms with van der Waals surface area (Å²) in [5.74, 6) is -2.46. The first-order valence-electron chi connectivity index (χ1n) is 9.70. The molecule has 1 fully saturated rings. The number of nitro benzene ring substituents is 1. The maximum atomic E-state index is 13.1. The number of nitro groups is 1. The Bertz CT molecular complexity index is 1280. The summed E-state index contributed by atoms with van der Waals surface area (Å²) in [6.07, 6.45) is 0. The number of Topliss-reactive ketones (excluding diaryl/α,β-unsaturated/α-hetero) is 1. The normalized spacial score (nSPS) is 17.5. The van der Waals surface area contributed by atoms with Crippen molar-refractivity contribution in [2.75, 3.05) is 4.90 Å². The lowest BCUT2D eigenvalue weighted by Gasteiger charge is -2.27. The van der Waals surface area contributed by atoms with Crippen LogP contribution in [0.3, 0.4) is 0 Å². The lowest BCUT2D eigenvalue weighted by Crippen LogP contribution is -2.29. The Kier molecular flexibility index (Phi) is 5.19. The molecule has 0 saturated carbocycles. The highest BCUT2D eigenvalue weighted by Crippen LogP contribution is 2.45. The quantitative estimate of drug-likeness (QED) is 0.210. The van der Waals surface area contributed by atoms with Crippen LogP contribution in [0.15, 0.2) is 78.4 Å². The van der Waals surface area contributed by atoms with Crippen molar-refractivity contribution in [3.05, 3.63) is 105 Å². The van der Waals surface area contributed by atoms with Gasteiger partial charge in [0.15, 0.2) is 0 Å². The third kappa shape index (κ3) is 3.37. The summed E-state index contributed by atoms with van der Waals surface area (Å²) in [7, 11) is 0. The summed E-state index contributed by atoms with van der Waals surface area (Å²) in [6, 6.07) is 17.3. The van der Waals surface area contributed by atoms with Gasteiger partial charge >= 0.3 is 0 Å². The van der Waals surface area contributed by atoms with E-state index in [1.807, 2.05) is 13.0 Å². The molecule has 1 aliphatic rings. The second-order valence-corrected chi connectivity index (χ2v) is 7.32. The highest BCUT2D eigenvalue weighted by atomic mass is 16.6. The van der Waals surface area contributed by atoms with Crippen LogP contribution in [-0.2, 0) is 9.59 Å². The number of aliphatic hydroxyl groups excluding tert-OH is 1. The molecule has 3 aromatic carbocycles. The summed E-state index contributed by atoms with van der Waals surface area (Å²) in [4.78, 5) is 37.7. The number of para-hydroxylation sites is 2. The standard InChI is InChI=1S/C24H18N2O6/c1-14-6-2-3-7-17(14)21-20(22(28)15-10-12-16(13-11-15)26(31)32)23(29)24(30)25(21)18-8-4-5-9-19(18)27/h2-13,21,27-28H,1H3/b22-20+. The molecule has 2 N–H and O–H groups in total. The summed E-state index contributed by atoms with van der Waals surface area (Å²) in [5, 5.41) is 32.4. The molecule has 0 radical (unpaired) electrons. The molecular weight excluding hydrogens is 412 g/mol. The maximum Gasteiger partial charge on any atom is 0.300 e. The Morgan fingerprint density at radius 1 is 0.969 bits per heavy atom. The van der Waals surface area contributed by atoms with Gasteiger partial charge in [-0.25, -0.2) is 0 Å². The molecule has 3 aromatic rings. The molecule has 0 aromatic heterocycles. The Hall–Kier alpha value is -4.46. The van der Waals surface area contributed by atoms with Crippen LogP contribution < -0.4 is 4.90 Å². The fraction of sp³-hybridized carbons (Fsp3) is 0.0833. The summed E-state index contributed by atoms with van der Waals surface area (Å²) in [6.45, 7) is 1.81. The van der Waals surface area contributed by atoms with E-state index in [0.29, 0.717) is 5.56 Å². The fourth-order valence-corrected chi connectivity index (χ4v) is 3.83. The van der Waals surface area contributed by atoms with Crippen LogP contribution in [-0.4, -0.2) is 26.8 Å². The molecule has 160 valence electrons. The largest absolute Gasteiger partial charge is 0.507 e. The van der Waals surface area contributed by atoms with E-state index in [9.17, 15) is 29.9 Å². The summed E-state index contributed by atoms with van der Waals surface area (Å²) < 4.78 is 0. The number of aromatic hydroxyl groups is 1. The molecule has 1 saturated heterocycles. The van der Waals surface area contributed by atoms with E-state index in [0.717, 1.165) is 10.5 Å². The average molecular weight is 430 g/mol. The number of phenols is 1. The number of benzene rings is 3. The topological polar surface area (TPSA) is 121 Å². The first-order valence-corrected chi connectivity index (χ1v) is 9.70. The minimum absolute atomic E-state index is 0.130. The number of aryl methyl sites for hydroxylation is 1. The number of carbonyl (C=O) groups is 2. The number of hydrogen-bond donors (Lipinski definition) is 2. The minimum atomic E-state index is -1.00. The van der Waals surface area contributed by atoms with Crippen LogP contribution in [0.4, 0.5) is 11.4 Å². The number of non-ortho nitro benzene ring substituents is 1. The van der Waals surface area contributed by atoms with Gasteiger partial charge in [0.2, 0.25) is 0 Å². The van der Waals surface area contributed by atoms with E-state index in [1.165, 1.54) is 36.4 Å². The monoisotopic (exact) mass is 430 g/mol. The van der Waals surface area contributed by atoms with Gasteiger partial charge in [0.25, 0.3) is 17.4 Å². The molecule has 1 unspecified atom stereocenters. The second kappa shape index (κ2) is 7.99. The molecule has 32 heavy (non-hydrogen) atoms. The number of rotatable bonds is 4. The molecule has 0 aliphatic carbocycles. The number of ketones is 1. The third-order valence-electron chi connectivity index (χ3n) is 5.42. The SMILES string of the molecule is Cc1ccccc1C1/C(=C(\O)c2ccc([N+](=O)[O-])cc2)C(=O)C(=O)N1c1ccccc1O. The predicted octanol–water partition coefficient (Wildman–Crippen LogP) is 4.24. The molecule has 0 spiro atoms. The number of nitrogens with zero attached hydrogens (tertiary/aromatic N) is 2. The van der Waals surface area contributed by atoms with Gasteiger partial charge in [-0.2, -0.15) is 0 Å². The van der Waals surface area contributed by atoms with Crippen molar-refractivity contribution in [2.24, 2.45) is 0 Å². The van der Waals surface area contributed by atoms with Gasteiger partial charge in [0, 0.05) is 17.7 Å². The van der Waals surface area contributed by atoms with Crippen molar-refractivity contribution in [3.63, 3.8) is 0 Å². The molecule has 1 aliphatic heterocycles. The van der Waals surface area contributed by atoms with E-state index in [1.54, 1.807) is 30.3 Å². The van der Waals surface area contributed by atoms with E-state index < -0.39 is 28.4 Å². The molecule has 1 atom stereocenters. The van der Waals surface area contributed by atoms with Gasteiger partial charge < -0.3 is 10.2 Å². The third-order valence-corrected chi connectivity index (χ3v) is 5.42. The predicted molar refractivity (Wildman–Crippen MR) is 117 cm³/mol. The summed E-state index contributed by atoms with van der Waals surface area (Å²) >= 11 is 0. The summed E-state index contributed by atoms with van der Waals surface area (Å²) in [5.41, 5.74) is 1.32. The zero-order chi connectivity index (χ0) is 23.0. The van der Waals surface area contributed by atoms with Gasteiger partial charge in [-0.1, -0.05) is 36.4 Å². The molecule has 0 bridgehead atoms. The maximum absolute atomic E-state index is 13.1. The minimum Gasteiger partial charge on any atom is -0.507 e. The van der Waals surface area contributed by atoms with Crippen LogP contribution in [0.5, 0.6) is 5.75 Å². The number of phenolic OH excluding ortho intramolecular Hbond substituents is 1. The van der Waals surface area contributed by atoms with Crippen LogP contribution in [0, 0.1) is 17.0 Å². The van der Waals surface area contributed by atoms with Gasteiger partial charge in [-0.3, -0.25) is 24.6 Å². The number of anilines is 1. The zero-order valence-electron chi connectivity index (χ0n) is 16.9. The van der Waals surface area contributed by atoms with Crippen molar-refractivity contribution >= 4 is 28.8 Å². The van der Waals surface area contributed by atoms with E-state index in [2.05, 4.69) is 0 Å². The Morgan fingerprint density at radius 3 is 2.22 bits per heavy atom. The molecule has 1 amide bonds. The molecule has 8 nitrogen and oxygen atoms in total. The zero-order valence-corrected chi connectivity index (χ0v) is 16.9. The van der Waals surface area contributed by atoms with E-state index >= 15 is 0 Å². The number of carbonyl (C=O) groups excluding carboxylic acids is 2. The van der Waals surface area contributed by atoms with E-state index in [-0.39, 0.29) is 28.3 Å². The molecular formula is C24H18N2O6. The van der Waals surface area contributed by atoms with Crippen molar-refractivity contribution in [3.8, 4) is 5.75 Å². The highest BCUT2D eigenvalue weighted by molar-refractivity contribution is 6.52. The van der Waals surface area contributed by atoms with Crippen LogP contribution in [0.25, 0.3) is 5.76 Å². The van der Waals surface area contributed by atoms with Crippen molar-refractivity contribution in [1.82, 2.24) is 0 Å². The van der Waals surface area contributed by atoms with Gasteiger partial charge in [-0.15, -0.1) is 0 Å². The van der Waals surface area contributed by atoms with Gasteiger partial charge in [0.05, 0.1) is 22.2 Å². The molecule has 8 heteroatoms. The highest BCUT2D eigenvalue weighted by Gasteiger charge is 2.48. The van der Waals surface area contributed by atoms with Crippen LogP contribution in [0.2, 0.25) is 0 Å². The number of amides is 1.